The van der Waals surface area contributed by atoms with Gasteiger partial charge in [-0.2, -0.15) is 0 Å². The van der Waals surface area contributed by atoms with Crippen molar-refractivity contribution in [3.8, 4) is 0 Å². The third-order valence-corrected chi connectivity index (χ3v) is 6.23. The lowest BCUT2D eigenvalue weighted by molar-refractivity contribution is 0.533. The minimum Gasteiger partial charge on any atom is -0.305 e. The van der Waals surface area contributed by atoms with Crippen molar-refractivity contribution >= 4 is 27.3 Å². The summed E-state index contributed by atoms with van der Waals surface area (Å²) in [6.07, 6.45) is 6.40. The Morgan fingerprint density at radius 1 is 1.15 bits per heavy atom. The fraction of sp³-hybridized carbons (Fsp3) is 0.412. The summed E-state index contributed by atoms with van der Waals surface area (Å²) in [4.78, 5) is 3.15. The molecule has 2 aliphatic carbocycles. The van der Waals surface area contributed by atoms with E-state index in [-0.39, 0.29) is 0 Å². The molecule has 0 spiro atoms. The van der Waals surface area contributed by atoms with Gasteiger partial charge in [0, 0.05) is 26.8 Å². The zero-order valence-electron chi connectivity index (χ0n) is 11.4. The van der Waals surface area contributed by atoms with Crippen LogP contribution in [0, 0.1) is 0 Å². The van der Waals surface area contributed by atoms with E-state index in [4.69, 9.17) is 0 Å². The van der Waals surface area contributed by atoms with Gasteiger partial charge in [0.25, 0.3) is 0 Å². The highest BCUT2D eigenvalue weighted by Gasteiger charge is 2.22. The topological polar surface area (TPSA) is 12.0 Å². The Bertz CT molecular complexity index is 625. The predicted molar refractivity (Wildman–Crippen MR) is 88.4 cm³/mol. The number of benzene rings is 1. The molecule has 0 fully saturated rings. The van der Waals surface area contributed by atoms with Crippen molar-refractivity contribution in [1.29, 1.82) is 0 Å². The number of fused-ring (bicyclic) bond motifs is 2. The molecule has 2 aliphatic rings. The summed E-state index contributed by atoms with van der Waals surface area (Å²) in [6.45, 7) is 1.03. The van der Waals surface area contributed by atoms with E-state index in [0.717, 1.165) is 6.54 Å². The molecule has 0 radical (unpaired) electrons. The molecule has 1 heterocycles. The SMILES string of the molecule is Brc1ccc2c(c1)CCC2NCc1cc2c(s1)CCC2. The second kappa shape index (κ2) is 5.28. The monoisotopic (exact) mass is 347 g/mol. The minimum atomic E-state index is 0.537. The summed E-state index contributed by atoms with van der Waals surface area (Å²) in [7, 11) is 0. The van der Waals surface area contributed by atoms with Crippen LogP contribution >= 0.6 is 27.3 Å². The molecule has 3 heteroatoms. The third kappa shape index (κ3) is 2.36. The zero-order valence-corrected chi connectivity index (χ0v) is 13.8. The summed E-state index contributed by atoms with van der Waals surface area (Å²) in [5, 5.41) is 3.76. The number of aryl methyl sites for hydroxylation is 3. The summed E-state index contributed by atoms with van der Waals surface area (Å²) in [6, 6.07) is 9.68. The smallest absolute Gasteiger partial charge is 0.0329 e. The van der Waals surface area contributed by atoms with Crippen LogP contribution in [0.15, 0.2) is 28.7 Å². The van der Waals surface area contributed by atoms with Crippen LogP contribution in [0.1, 0.15) is 45.3 Å². The lowest BCUT2D eigenvalue weighted by Gasteiger charge is -2.13. The van der Waals surface area contributed by atoms with Gasteiger partial charge in [0.05, 0.1) is 0 Å². The molecule has 4 rings (SSSR count). The van der Waals surface area contributed by atoms with Crippen LogP contribution in [-0.2, 0) is 25.8 Å². The molecular weight excluding hydrogens is 330 g/mol. The van der Waals surface area contributed by atoms with Gasteiger partial charge in [-0.25, -0.2) is 0 Å². The molecular formula is C17H18BrNS. The minimum absolute atomic E-state index is 0.537. The second-order valence-corrected chi connectivity index (χ2v) is 7.97. The van der Waals surface area contributed by atoms with E-state index in [0.29, 0.717) is 6.04 Å². The average Bonchev–Trinajstić information content (AvgIpc) is 3.09. The van der Waals surface area contributed by atoms with Gasteiger partial charge in [-0.05, 0) is 67.0 Å². The first-order valence-electron chi connectivity index (χ1n) is 7.42. The van der Waals surface area contributed by atoms with Crippen LogP contribution in [0.2, 0.25) is 0 Å². The summed E-state index contributed by atoms with van der Waals surface area (Å²) in [5.74, 6) is 0. The van der Waals surface area contributed by atoms with E-state index in [1.165, 1.54) is 52.6 Å². The molecule has 0 saturated heterocycles. The molecule has 1 atom stereocenters. The molecule has 1 N–H and O–H groups in total. The number of thiophene rings is 1. The average molecular weight is 348 g/mol. The lowest BCUT2D eigenvalue weighted by Crippen LogP contribution is -2.18. The van der Waals surface area contributed by atoms with Crippen molar-refractivity contribution in [1.82, 2.24) is 5.32 Å². The summed E-state index contributed by atoms with van der Waals surface area (Å²) >= 11 is 5.59. The fourth-order valence-corrected chi connectivity index (χ4v) is 5.12. The van der Waals surface area contributed by atoms with E-state index < -0.39 is 0 Å². The number of hydrogen-bond acceptors (Lipinski definition) is 2. The maximum absolute atomic E-state index is 3.76. The fourth-order valence-electron chi connectivity index (χ4n) is 3.50. The quantitative estimate of drug-likeness (QED) is 0.842. The first kappa shape index (κ1) is 13.1. The Hall–Kier alpha value is -0.640. The number of nitrogens with one attached hydrogen (secondary N) is 1. The van der Waals surface area contributed by atoms with Gasteiger partial charge in [0.15, 0.2) is 0 Å². The van der Waals surface area contributed by atoms with Crippen LogP contribution in [0.3, 0.4) is 0 Å². The van der Waals surface area contributed by atoms with Gasteiger partial charge in [-0.3, -0.25) is 0 Å². The lowest BCUT2D eigenvalue weighted by atomic mass is 10.1. The molecule has 0 amide bonds. The van der Waals surface area contributed by atoms with E-state index in [2.05, 4.69) is 45.5 Å². The third-order valence-electron chi connectivity index (χ3n) is 4.50. The molecule has 1 unspecified atom stereocenters. The van der Waals surface area contributed by atoms with Gasteiger partial charge in [0.2, 0.25) is 0 Å². The van der Waals surface area contributed by atoms with Crippen molar-refractivity contribution in [3.05, 3.63) is 55.2 Å². The Kier molecular flexibility index (Phi) is 3.45. The second-order valence-electron chi connectivity index (χ2n) is 5.83. The Morgan fingerprint density at radius 2 is 2.10 bits per heavy atom. The first-order chi connectivity index (χ1) is 9.79. The zero-order chi connectivity index (χ0) is 13.5. The van der Waals surface area contributed by atoms with Crippen LogP contribution < -0.4 is 5.32 Å². The molecule has 104 valence electrons. The highest BCUT2D eigenvalue weighted by Crippen LogP contribution is 2.34. The normalized spacial score (nSPS) is 20.1. The summed E-state index contributed by atoms with van der Waals surface area (Å²) < 4.78 is 1.20. The van der Waals surface area contributed by atoms with Crippen molar-refractivity contribution in [2.45, 2.75) is 44.7 Å². The first-order valence-corrected chi connectivity index (χ1v) is 9.03. The Labute approximate surface area is 132 Å². The van der Waals surface area contributed by atoms with E-state index in [1.807, 2.05) is 11.3 Å². The van der Waals surface area contributed by atoms with Crippen molar-refractivity contribution < 1.29 is 0 Å². The molecule has 0 saturated carbocycles. The van der Waals surface area contributed by atoms with Crippen molar-refractivity contribution in [2.75, 3.05) is 0 Å². The number of rotatable bonds is 3. The predicted octanol–water partition coefficient (Wildman–Crippen LogP) is 4.78. The van der Waals surface area contributed by atoms with Crippen LogP contribution in [0.25, 0.3) is 0 Å². The summed E-state index contributed by atoms with van der Waals surface area (Å²) in [5.41, 5.74) is 4.62. The maximum Gasteiger partial charge on any atom is 0.0329 e. The molecule has 0 bridgehead atoms. The van der Waals surface area contributed by atoms with Crippen molar-refractivity contribution in [3.63, 3.8) is 0 Å². The molecule has 1 aromatic heterocycles. The van der Waals surface area contributed by atoms with Gasteiger partial charge in [-0.1, -0.05) is 22.0 Å². The van der Waals surface area contributed by atoms with E-state index in [9.17, 15) is 0 Å². The van der Waals surface area contributed by atoms with Gasteiger partial charge < -0.3 is 5.32 Å². The Morgan fingerprint density at radius 3 is 3.00 bits per heavy atom. The molecule has 1 aromatic carbocycles. The van der Waals surface area contributed by atoms with Gasteiger partial charge in [-0.15, -0.1) is 11.3 Å². The van der Waals surface area contributed by atoms with Crippen LogP contribution in [-0.4, -0.2) is 0 Å². The number of halogens is 1. The molecule has 0 aliphatic heterocycles. The highest BCUT2D eigenvalue weighted by molar-refractivity contribution is 9.10. The molecule has 2 aromatic rings. The molecule has 1 nitrogen and oxygen atoms in total. The van der Waals surface area contributed by atoms with E-state index >= 15 is 0 Å². The standard InChI is InChI=1S/C17H18BrNS/c18-13-5-6-15-11(8-13)4-7-16(15)19-10-14-9-12-2-1-3-17(12)20-14/h5-6,8-9,16,19H,1-4,7,10H2. The van der Waals surface area contributed by atoms with Gasteiger partial charge in [0.1, 0.15) is 0 Å². The van der Waals surface area contributed by atoms with Gasteiger partial charge >= 0.3 is 0 Å². The van der Waals surface area contributed by atoms with Crippen LogP contribution in [0.4, 0.5) is 0 Å². The van der Waals surface area contributed by atoms with Crippen LogP contribution in [0.5, 0.6) is 0 Å². The van der Waals surface area contributed by atoms with E-state index in [1.54, 1.807) is 10.4 Å². The maximum atomic E-state index is 3.76. The largest absolute Gasteiger partial charge is 0.305 e. The Balaban J connectivity index is 1.46. The van der Waals surface area contributed by atoms with Crippen molar-refractivity contribution in [2.24, 2.45) is 0 Å². The highest BCUT2D eigenvalue weighted by atomic mass is 79.9. The number of hydrogen-bond donors (Lipinski definition) is 1. The molecule has 20 heavy (non-hydrogen) atoms.